The number of thioether (sulfide) groups is 2. The van der Waals surface area contributed by atoms with E-state index in [0.29, 0.717) is 22.6 Å². The van der Waals surface area contributed by atoms with E-state index in [-0.39, 0.29) is 23.3 Å². The monoisotopic (exact) mass is 411 g/mol. The minimum Gasteiger partial charge on any atom is -0.355 e. The van der Waals surface area contributed by atoms with E-state index in [0.717, 1.165) is 18.6 Å². The highest BCUT2D eigenvalue weighted by Gasteiger charge is 2.28. The van der Waals surface area contributed by atoms with Gasteiger partial charge in [0.05, 0.1) is 16.7 Å². The molecule has 1 amide bonds. The van der Waals surface area contributed by atoms with Gasteiger partial charge in [-0.05, 0) is 37.1 Å². The van der Waals surface area contributed by atoms with E-state index in [1.165, 1.54) is 16.7 Å². The highest BCUT2D eigenvalue weighted by molar-refractivity contribution is 7.99. The van der Waals surface area contributed by atoms with Gasteiger partial charge in [0.15, 0.2) is 5.16 Å². The molecule has 0 unspecified atom stereocenters. The summed E-state index contributed by atoms with van der Waals surface area (Å²) >= 11 is 3.06. The predicted octanol–water partition coefficient (Wildman–Crippen LogP) is 3.73. The van der Waals surface area contributed by atoms with E-state index in [1.54, 1.807) is 16.3 Å². The fraction of sp³-hybridized carbons (Fsp3) is 0.286. The number of para-hydroxylation sites is 1. The summed E-state index contributed by atoms with van der Waals surface area (Å²) in [4.78, 5) is 30.9. The maximum Gasteiger partial charge on any atom is 0.262 e. The number of nitrogens with one attached hydrogen (secondary N) is 1. The molecule has 7 heteroatoms. The number of carbonyl (C=O) groups excluding carboxylic acids is 1. The maximum atomic E-state index is 12.8. The minimum absolute atomic E-state index is 0.00438. The van der Waals surface area contributed by atoms with Crippen molar-refractivity contribution in [1.29, 1.82) is 0 Å². The molecule has 1 saturated carbocycles. The molecule has 1 N–H and O–H groups in total. The number of amides is 1. The summed E-state index contributed by atoms with van der Waals surface area (Å²) in [6.45, 7) is 0.611. The van der Waals surface area contributed by atoms with Crippen LogP contribution in [0.5, 0.6) is 0 Å². The van der Waals surface area contributed by atoms with Crippen molar-refractivity contribution < 1.29 is 4.79 Å². The standard InChI is InChI=1S/C21H21N3O2S2/c25-19(22-12-13-27-16-6-2-1-3-7-16)14-28-21-23-18-9-5-4-8-17(18)20(26)24(21)15-10-11-15/h1-9,15H,10-14H2,(H,22,25). The molecule has 0 bridgehead atoms. The minimum atomic E-state index is -0.0385. The third-order valence-corrected chi connectivity index (χ3v) is 6.42. The number of hydrogen-bond donors (Lipinski definition) is 1. The van der Waals surface area contributed by atoms with Crippen LogP contribution in [0.2, 0.25) is 0 Å². The first kappa shape index (κ1) is 19.1. The van der Waals surface area contributed by atoms with Crippen LogP contribution in [0.3, 0.4) is 0 Å². The van der Waals surface area contributed by atoms with Gasteiger partial charge in [-0.15, -0.1) is 11.8 Å². The molecule has 0 radical (unpaired) electrons. The van der Waals surface area contributed by atoms with Gasteiger partial charge in [-0.1, -0.05) is 42.1 Å². The summed E-state index contributed by atoms with van der Waals surface area (Å²) in [5.41, 5.74) is 0.682. The Labute approximate surface area is 171 Å². The zero-order valence-electron chi connectivity index (χ0n) is 15.3. The molecule has 0 spiro atoms. The van der Waals surface area contributed by atoms with Crippen molar-refractivity contribution in [2.24, 2.45) is 0 Å². The summed E-state index contributed by atoms with van der Waals surface area (Å²) in [6.07, 6.45) is 1.99. The topological polar surface area (TPSA) is 64.0 Å². The van der Waals surface area contributed by atoms with Crippen LogP contribution in [-0.2, 0) is 4.79 Å². The summed E-state index contributed by atoms with van der Waals surface area (Å²) in [7, 11) is 0. The van der Waals surface area contributed by atoms with Crippen molar-refractivity contribution in [3.05, 3.63) is 65.0 Å². The molecule has 1 aliphatic rings. The second-order valence-corrected chi connectivity index (χ2v) is 8.73. The highest BCUT2D eigenvalue weighted by atomic mass is 32.2. The summed E-state index contributed by atoms with van der Waals surface area (Å²) in [6, 6.07) is 17.7. The number of fused-ring (bicyclic) bond motifs is 1. The molecule has 4 rings (SSSR count). The Morgan fingerprint density at radius 3 is 2.61 bits per heavy atom. The van der Waals surface area contributed by atoms with Gasteiger partial charge < -0.3 is 5.32 Å². The van der Waals surface area contributed by atoms with E-state index >= 15 is 0 Å². The van der Waals surface area contributed by atoms with Crippen LogP contribution >= 0.6 is 23.5 Å². The first-order valence-corrected chi connectivity index (χ1v) is 11.3. The van der Waals surface area contributed by atoms with Crippen molar-refractivity contribution in [1.82, 2.24) is 14.9 Å². The van der Waals surface area contributed by atoms with Gasteiger partial charge in [-0.25, -0.2) is 4.98 Å². The number of nitrogens with zero attached hydrogens (tertiary/aromatic N) is 2. The Morgan fingerprint density at radius 2 is 1.82 bits per heavy atom. The SMILES string of the molecule is O=C(CSc1nc2ccccc2c(=O)n1C1CC1)NCCSc1ccccc1. The smallest absolute Gasteiger partial charge is 0.262 e. The maximum absolute atomic E-state index is 12.8. The van der Waals surface area contributed by atoms with E-state index < -0.39 is 0 Å². The second kappa shape index (κ2) is 8.84. The molecule has 5 nitrogen and oxygen atoms in total. The Morgan fingerprint density at radius 1 is 1.07 bits per heavy atom. The summed E-state index contributed by atoms with van der Waals surface area (Å²) in [5.74, 6) is 1.04. The number of aromatic nitrogens is 2. The number of rotatable bonds is 8. The molecule has 3 aromatic rings. The molecular formula is C21H21N3O2S2. The summed E-state index contributed by atoms with van der Waals surface area (Å²) < 4.78 is 1.77. The number of carbonyl (C=O) groups is 1. The second-order valence-electron chi connectivity index (χ2n) is 6.62. The molecule has 2 aromatic carbocycles. The lowest BCUT2D eigenvalue weighted by Gasteiger charge is -2.12. The third-order valence-electron chi connectivity index (χ3n) is 4.46. The van der Waals surface area contributed by atoms with Crippen molar-refractivity contribution >= 4 is 40.3 Å². The lowest BCUT2D eigenvalue weighted by Crippen LogP contribution is -2.28. The predicted molar refractivity (Wildman–Crippen MR) is 115 cm³/mol. The fourth-order valence-electron chi connectivity index (χ4n) is 2.94. The Bertz CT molecular complexity index is 1030. The van der Waals surface area contributed by atoms with E-state index in [9.17, 15) is 9.59 Å². The van der Waals surface area contributed by atoms with Gasteiger partial charge in [0.1, 0.15) is 0 Å². The van der Waals surface area contributed by atoms with E-state index in [4.69, 9.17) is 0 Å². The van der Waals surface area contributed by atoms with Crippen LogP contribution in [0, 0.1) is 0 Å². The van der Waals surface area contributed by atoms with Crippen molar-refractivity contribution in [2.45, 2.75) is 28.9 Å². The normalized spacial score (nSPS) is 13.6. The lowest BCUT2D eigenvalue weighted by molar-refractivity contribution is -0.118. The molecule has 0 aliphatic heterocycles. The quantitative estimate of drug-likeness (QED) is 0.348. The van der Waals surface area contributed by atoms with Crippen molar-refractivity contribution in [3.8, 4) is 0 Å². The average molecular weight is 412 g/mol. The summed E-state index contributed by atoms with van der Waals surface area (Å²) in [5, 5.41) is 4.22. The zero-order chi connectivity index (χ0) is 19.3. The molecule has 28 heavy (non-hydrogen) atoms. The molecule has 1 aliphatic carbocycles. The van der Waals surface area contributed by atoms with Crippen LogP contribution in [-0.4, -0.2) is 33.5 Å². The molecule has 0 atom stereocenters. The van der Waals surface area contributed by atoms with Crippen LogP contribution < -0.4 is 10.9 Å². The molecular weight excluding hydrogens is 390 g/mol. The molecule has 144 valence electrons. The Hall–Kier alpha value is -2.25. The Kier molecular flexibility index (Phi) is 6.02. The van der Waals surface area contributed by atoms with Crippen molar-refractivity contribution in [3.63, 3.8) is 0 Å². The average Bonchev–Trinajstić information content (AvgIpc) is 3.55. The number of hydrogen-bond acceptors (Lipinski definition) is 5. The van der Waals surface area contributed by atoms with Crippen LogP contribution in [0.25, 0.3) is 10.9 Å². The van der Waals surface area contributed by atoms with Gasteiger partial charge >= 0.3 is 0 Å². The molecule has 0 saturated heterocycles. The van der Waals surface area contributed by atoms with Crippen LogP contribution in [0.15, 0.2) is 69.4 Å². The van der Waals surface area contributed by atoms with Gasteiger partial charge in [0, 0.05) is 23.2 Å². The fourth-order valence-corrected chi connectivity index (χ4v) is 4.62. The van der Waals surface area contributed by atoms with Gasteiger partial charge in [0.2, 0.25) is 5.91 Å². The molecule has 1 fully saturated rings. The lowest BCUT2D eigenvalue weighted by atomic mass is 10.2. The van der Waals surface area contributed by atoms with Gasteiger partial charge in [0.25, 0.3) is 5.56 Å². The molecule has 1 heterocycles. The Balaban J connectivity index is 1.35. The first-order chi connectivity index (χ1) is 13.7. The van der Waals surface area contributed by atoms with Gasteiger partial charge in [-0.3, -0.25) is 14.2 Å². The van der Waals surface area contributed by atoms with E-state index in [2.05, 4.69) is 22.4 Å². The van der Waals surface area contributed by atoms with Crippen LogP contribution in [0.1, 0.15) is 18.9 Å². The third kappa shape index (κ3) is 4.59. The van der Waals surface area contributed by atoms with E-state index in [1.807, 2.05) is 42.5 Å². The molecule has 1 aromatic heterocycles. The number of benzene rings is 2. The van der Waals surface area contributed by atoms with Crippen molar-refractivity contribution in [2.75, 3.05) is 18.1 Å². The van der Waals surface area contributed by atoms with Gasteiger partial charge in [-0.2, -0.15) is 0 Å². The van der Waals surface area contributed by atoms with Crippen LogP contribution in [0.4, 0.5) is 0 Å². The zero-order valence-corrected chi connectivity index (χ0v) is 17.0. The largest absolute Gasteiger partial charge is 0.355 e. The highest BCUT2D eigenvalue weighted by Crippen LogP contribution is 2.36. The first-order valence-electron chi connectivity index (χ1n) is 9.31.